The summed E-state index contributed by atoms with van der Waals surface area (Å²) < 4.78 is 6.99. The van der Waals surface area contributed by atoms with E-state index in [-0.39, 0.29) is 29.3 Å². The second-order valence-corrected chi connectivity index (χ2v) is 8.30. The number of hydrogen-bond donors (Lipinski definition) is 2. The van der Waals surface area contributed by atoms with E-state index in [0.29, 0.717) is 40.1 Å². The lowest BCUT2D eigenvalue weighted by Gasteiger charge is -2.12. The van der Waals surface area contributed by atoms with Gasteiger partial charge >= 0.3 is 5.97 Å². The zero-order chi connectivity index (χ0) is 24.2. The molecule has 0 saturated heterocycles. The van der Waals surface area contributed by atoms with Crippen molar-refractivity contribution < 1.29 is 14.3 Å². The van der Waals surface area contributed by atoms with Crippen LogP contribution in [0.1, 0.15) is 60.7 Å². The average molecular weight is 460 g/mol. The molecule has 8 nitrogen and oxygen atoms in total. The summed E-state index contributed by atoms with van der Waals surface area (Å²) in [5, 5.41) is 2.98. The van der Waals surface area contributed by atoms with Crippen LogP contribution in [0, 0.1) is 0 Å². The van der Waals surface area contributed by atoms with E-state index in [1.165, 1.54) is 0 Å². The van der Waals surface area contributed by atoms with Gasteiger partial charge in [-0.25, -0.2) is 14.8 Å². The molecule has 34 heavy (non-hydrogen) atoms. The molecule has 2 aromatic carbocycles. The van der Waals surface area contributed by atoms with Crippen molar-refractivity contribution in [2.24, 2.45) is 0 Å². The Morgan fingerprint density at radius 1 is 1.06 bits per heavy atom. The normalized spacial score (nSPS) is 12.1. The van der Waals surface area contributed by atoms with Crippen molar-refractivity contribution >= 4 is 39.9 Å². The topological polar surface area (TPSA) is 112 Å². The quantitative estimate of drug-likeness (QED) is 0.293. The number of hydrogen-bond acceptors (Lipinski definition) is 6. The maximum atomic E-state index is 13.2. The number of ether oxygens (including phenoxy) is 1. The van der Waals surface area contributed by atoms with Crippen molar-refractivity contribution in [3.63, 3.8) is 0 Å². The van der Waals surface area contributed by atoms with Gasteiger partial charge in [0.25, 0.3) is 5.91 Å². The highest BCUT2D eigenvalue weighted by Gasteiger charge is 2.25. The summed E-state index contributed by atoms with van der Waals surface area (Å²) in [6.45, 7) is 6.37. The second-order valence-electron chi connectivity index (χ2n) is 8.30. The standard InChI is InChI=1S/C26H29N5O3/c1-4-6-15-34-26(33)17-11-13-18(14-12-17)31-23(27)21(25(32)28-16(3)5-2)22-24(31)30-20-10-8-7-9-19(20)29-22/h7-14,16H,4-6,15,27H2,1-3H3,(H,28,32)/t16-/m1/s1. The number of esters is 1. The zero-order valence-electron chi connectivity index (χ0n) is 19.7. The van der Waals surface area contributed by atoms with Gasteiger partial charge in [-0.1, -0.05) is 32.4 Å². The number of rotatable bonds is 8. The number of nitrogens with zero attached hydrogens (tertiary/aromatic N) is 3. The Morgan fingerprint density at radius 2 is 1.74 bits per heavy atom. The van der Waals surface area contributed by atoms with E-state index in [0.717, 1.165) is 19.3 Å². The lowest BCUT2D eigenvalue weighted by molar-refractivity contribution is 0.0499. The molecule has 4 aromatic rings. The van der Waals surface area contributed by atoms with Crippen LogP contribution in [-0.2, 0) is 4.74 Å². The minimum absolute atomic E-state index is 0.0169. The second kappa shape index (κ2) is 9.91. The lowest BCUT2D eigenvalue weighted by Crippen LogP contribution is -2.32. The van der Waals surface area contributed by atoms with Crippen molar-refractivity contribution in [1.82, 2.24) is 19.9 Å². The fourth-order valence-electron chi connectivity index (χ4n) is 3.68. The number of para-hydroxylation sites is 2. The van der Waals surface area contributed by atoms with Crippen LogP contribution in [0.25, 0.3) is 27.9 Å². The molecular weight excluding hydrogens is 430 g/mol. The van der Waals surface area contributed by atoms with Gasteiger partial charge in [-0.3, -0.25) is 9.36 Å². The van der Waals surface area contributed by atoms with Gasteiger partial charge in [-0.2, -0.15) is 0 Å². The van der Waals surface area contributed by atoms with Crippen molar-refractivity contribution in [2.75, 3.05) is 12.3 Å². The Balaban J connectivity index is 1.82. The number of nitrogens with one attached hydrogen (secondary N) is 1. The molecule has 0 unspecified atom stereocenters. The first-order valence-electron chi connectivity index (χ1n) is 11.6. The monoisotopic (exact) mass is 459 g/mol. The van der Waals surface area contributed by atoms with Gasteiger partial charge in [0, 0.05) is 11.7 Å². The van der Waals surface area contributed by atoms with Gasteiger partial charge < -0.3 is 15.8 Å². The molecule has 8 heteroatoms. The van der Waals surface area contributed by atoms with E-state index >= 15 is 0 Å². The highest BCUT2D eigenvalue weighted by atomic mass is 16.5. The van der Waals surface area contributed by atoms with Crippen LogP contribution in [0.15, 0.2) is 48.5 Å². The van der Waals surface area contributed by atoms with E-state index in [1.54, 1.807) is 28.8 Å². The first-order valence-corrected chi connectivity index (χ1v) is 11.6. The smallest absolute Gasteiger partial charge is 0.338 e. The third-order valence-corrected chi connectivity index (χ3v) is 5.81. The van der Waals surface area contributed by atoms with Gasteiger partial charge in [-0.15, -0.1) is 0 Å². The summed E-state index contributed by atoms with van der Waals surface area (Å²) in [6.07, 6.45) is 2.56. The molecule has 1 atom stereocenters. The molecule has 0 fully saturated rings. The molecule has 1 amide bonds. The van der Waals surface area contributed by atoms with Gasteiger partial charge in [0.15, 0.2) is 5.65 Å². The SMILES string of the molecule is CCCCOC(=O)c1ccc(-n2c(N)c(C(=O)N[C@H](C)CC)c3nc4ccccc4nc32)cc1. The molecule has 0 aliphatic rings. The number of fused-ring (bicyclic) bond motifs is 2. The van der Waals surface area contributed by atoms with Gasteiger partial charge in [-0.05, 0) is 56.2 Å². The summed E-state index contributed by atoms with van der Waals surface area (Å²) in [7, 11) is 0. The first kappa shape index (κ1) is 23.2. The van der Waals surface area contributed by atoms with Gasteiger partial charge in [0.2, 0.25) is 0 Å². The number of unbranched alkanes of at least 4 members (excludes halogenated alkanes) is 1. The van der Waals surface area contributed by atoms with Crippen molar-refractivity contribution in [3.8, 4) is 5.69 Å². The van der Waals surface area contributed by atoms with E-state index in [2.05, 4.69) is 5.32 Å². The van der Waals surface area contributed by atoms with Crippen LogP contribution in [0.5, 0.6) is 0 Å². The molecule has 0 aliphatic heterocycles. The Labute approximate surface area is 198 Å². The number of carbonyl (C=O) groups is 2. The van der Waals surface area contributed by atoms with E-state index in [9.17, 15) is 9.59 Å². The molecule has 0 saturated carbocycles. The third-order valence-electron chi connectivity index (χ3n) is 5.81. The van der Waals surface area contributed by atoms with Crippen molar-refractivity contribution in [3.05, 3.63) is 59.7 Å². The van der Waals surface area contributed by atoms with Crippen LogP contribution in [-0.4, -0.2) is 39.1 Å². The number of benzene rings is 2. The number of nitrogens with two attached hydrogens (primary N) is 1. The molecule has 2 heterocycles. The number of aromatic nitrogens is 3. The predicted octanol–water partition coefficient (Wildman–Crippen LogP) is 4.64. The number of nitrogen functional groups attached to an aromatic ring is 1. The lowest BCUT2D eigenvalue weighted by atomic mass is 10.2. The molecule has 2 aromatic heterocycles. The van der Waals surface area contributed by atoms with Crippen molar-refractivity contribution in [2.45, 2.75) is 46.1 Å². The predicted molar refractivity (Wildman–Crippen MR) is 133 cm³/mol. The number of anilines is 1. The number of carbonyl (C=O) groups excluding carboxylic acids is 2. The average Bonchev–Trinajstić information content (AvgIpc) is 3.13. The maximum absolute atomic E-state index is 13.2. The molecule has 176 valence electrons. The molecule has 0 bridgehead atoms. The number of amides is 1. The fraction of sp³-hybridized carbons (Fsp3) is 0.308. The van der Waals surface area contributed by atoms with Crippen LogP contribution >= 0.6 is 0 Å². The Hall–Kier alpha value is -3.94. The molecular formula is C26H29N5O3. The Kier molecular flexibility index (Phi) is 6.77. The largest absolute Gasteiger partial charge is 0.462 e. The van der Waals surface area contributed by atoms with Gasteiger partial charge in [0.05, 0.1) is 23.2 Å². The van der Waals surface area contributed by atoms with E-state index in [1.807, 2.05) is 45.0 Å². The molecule has 4 rings (SSSR count). The minimum Gasteiger partial charge on any atom is -0.462 e. The maximum Gasteiger partial charge on any atom is 0.338 e. The first-order chi connectivity index (χ1) is 16.4. The van der Waals surface area contributed by atoms with Crippen LogP contribution < -0.4 is 11.1 Å². The van der Waals surface area contributed by atoms with Crippen molar-refractivity contribution in [1.29, 1.82) is 0 Å². The summed E-state index contributed by atoms with van der Waals surface area (Å²) in [5.74, 6) is -0.426. The fourth-order valence-corrected chi connectivity index (χ4v) is 3.68. The summed E-state index contributed by atoms with van der Waals surface area (Å²) in [6, 6.07) is 14.4. The minimum atomic E-state index is -0.371. The summed E-state index contributed by atoms with van der Waals surface area (Å²) in [5.41, 5.74) is 10.2. The summed E-state index contributed by atoms with van der Waals surface area (Å²) in [4.78, 5) is 35.0. The van der Waals surface area contributed by atoms with Crippen LogP contribution in [0.4, 0.5) is 5.82 Å². The summed E-state index contributed by atoms with van der Waals surface area (Å²) >= 11 is 0. The highest BCUT2D eigenvalue weighted by Crippen LogP contribution is 2.31. The third kappa shape index (κ3) is 4.44. The Morgan fingerprint density at radius 3 is 2.38 bits per heavy atom. The van der Waals surface area contributed by atoms with Crippen LogP contribution in [0.3, 0.4) is 0 Å². The van der Waals surface area contributed by atoms with Gasteiger partial charge in [0.1, 0.15) is 16.9 Å². The highest BCUT2D eigenvalue weighted by molar-refractivity contribution is 6.11. The molecule has 0 spiro atoms. The van der Waals surface area contributed by atoms with Crippen LogP contribution in [0.2, 0.25) is 0 Å². The molecule has 0 aliphatic carbocycles. The molecule has 3 N–H and O–H groups in total. The zero-order valence-corrected chi connectivity index (χ0v) is 19.7. The Bertz CT molecular complexity index is 1340. The molecule has 0 radical (unpaired) electrons. The van der Waals surface area contributed by atoms with E-state index < -0.39 is 0 Å². The van der Waals surface area contributed by atoms with E-state index in [4.69, 9.17) is 20.4 Å².